The van der Waals surface area contributed by atoms with E-state index in [1.165, 1.54) is 11.3 Å². The van der Waals surface area contributed by atoms with Crippen LogP contribution >= 0.6 is 23.6 Å². The number of hydrogen-bond donors (Lipinski definition) is 4. The Morgan fingerprint density at radius 3 is 2.88 bits per heavy atom. The fourth-order valence-electron chi connectivity index (χ4n) is 1.92. The summed E-state index contributed by atoms with van der Waals surface area (Å²) >= 11 is 6.19. The highest BCUT2D eigenvalue weighted by Crippen LogP contribution is 2.35. The Morgan fingerprint density at radius 1 is 1.44 bits per heavy atom. The number of thiocarbonyl (C=S) groups is 1. The third-order valence-corrected chi connectivity index (χ3v) is 3.65. The smallest absolute Gasteiger partial charge is 0.203 e. The van der Waals surface area contributed by atoms with Gasteiger partial charge in [-0.15, -0.1) is 10.2 Å². The summed E-state index contributed by atoms with van der Waals surface area (Å²) in [6.07, 6.45) is 3.16. The van der Waals surface area contributed by atoms with Gasteiger partial charge in [-0.25, -0.2) is 5.43 Å². The van der Waals surface area contributed by atoms with Gasteiger partial charge in [-0.05, 0) is 31.5 Å². The van der Waals surface area contributed by atoms with Crippen molar-refractivity contribution in [2.75, 3.05) is 5.73 Å². The lowest BCUT2D eigenvalue weighted by molar-refractivity contribution is 0.494. The average molecular weight is 258 g/mol. The molecule has 8 heteroatoms. The second-order valence-corrected chi connectivity index (χ2v) is 5.30. The molecule has 16 heavy (non-hydrogen) atoms. The van der Waals surface area contributed by atoms with E-state index in [0.717, 1.165) is 24.3 Å². The van der Waals surface area contributed by atoms with Crippen molar-refractivity contribution in [3.05, 3.63) is 5.01 Å². The van der Waals surface area contributed by atoms with Crippen LogP contribution in [0.5, 0.6) is 0 Å². The first-order valence-corrected chi connectivity index (χ1v) is 6.27. The standard InChI is InChI=1S/C8H14N6S2/c9-7(15)13-11-5-2-1-4(3-5)6-12-14-8(10)16-6/h4-5,11H,1-3H2,(H2,10,14)(H3,9,13,15)/t4-,5?/m0/s1. The van der Waals surface area contributed by atoms with Crippen molar-refractivity contribution < 1.29 is 0 Å². The molecule has 1 heterocycles. The second kappa shape index (κ2) is 4.89. The number of nitrogens with one attached hydrogen (secondary N) is 2. The van der Waals surface area contributed by atoms with Gasteiger partial charge in [-0.2, -0.15) is 0 Å². The number of hydrazine groups is 1. The SMILES string of the molecule is NC(=S)NNC1CC[C@H](c2nnc(N)s2)C1. The van der Waals surface area contributed by atoms with Gasteiger partial charge in [0.2, 0.25) is 5.13 Å². The van der Waals surface area contributed by atoms with Crippen molar-refractivity contribution in [2.24, 2.45) is 5.73 Å². The van der Waals surface area contributed by atoms with E-state index in [2.05, 4.69) is 21.0 Å². The van der Waals surface area contributed by atoms with Gasteiger partial charge in [-0.3, -0.25) is 5.43 Å². The van der Waals surface area contributed by atoms with E-state index in [1.54, 1.807) is 0 Å². The molecular formula is C8H14N6S2. The highest BCUT2D eigenvalue weighted by Gasteiger charge is 2.28. The molecular weight excluding hydrogens is 244 g/mol. The maximum atomic E-state index is 5.56. The third kappa shape index (κ3) is 2.77. The van der Waals surface area contributed by atoms with Crippen LogP contribution in [0.2, 0.25) is 0 Å². The molecule has 6 N–H and O–H groups in total. The monoisotopic (exact) mass is 258 g/mol. The summed E-state index contributed by atoms with van der Waals surface area (Å²) in [5.74, 6) is 0.445. The lowest BCUT2D eigenvalue weighted by Gasteiger charge is -2.13. The van der Waals surface area contributed by atoms with Gasteiger partial charge in [0.05, 0.1) is 0 Å². The highest BCUT2D eigenvalue weighted by atomic mass is 32.1. The number of aromatic nitrogens is 2. The Bertz CT molecular complexity index is 378. The molecule has 1 aliphatic carbocycles. The van der Waals surface area contributed by atoms with E-state index in [9.17, 15) is 0 Å². The Hall–Kier alpha value is -0.990. The quantitative estimate of drug-likeness (QED) is 0.450. The van der Waals surface area contributed by atoms with Crippen LogP contribution in [-0.2, 0) is 0 Å². The fraction of sp³-hybridized carbons (Fsp3) is 0.625. The van der Waals surface area contributed by atoms with E-state index in [4.69, 9.17) is 23.7 Å². The predicted molar refractivity (Wildman–Crippen MR) is 67.8 cm³/mol. The molecule has 1 saturated carbocycles. The molecule has 0 saturated heterocycles. The van der Waals surface area contributed by atoms with Gasteiger partial charge in [-0.1, -0.05) is 11.3 Å². The van der Waals surface area contributed by atoms with Crippen molar-refractivity contribution in [3.63, 3.8) is 0 Å². The summed E-state index contributed by atoms with van der Waals surface area (Å²) in [6, 6.07) is 0.372. The van der Waals surface area contributed by atoms with Crippen molar-refractivity contribution in [2.45, 2.75) is 31.2 Å². The van der Waals surface area contributed by atoms with Crippen LogP contribution in [0.4, 0.5) is 5.13 Å². The number of nitrogens with two attached hydrogens (primary N) is 2. The van der Waals surface area contributed by atoms with Crippen LogP contribution in [0, 0.1) is 0 Å². The van der Waals surface area contributed by atoms with Crippen LogP contribution in [0.25, 0.3) is 0 Å². The Balaban J connectivity index is 1.86. The molecule has 2 rings (SSSR count). The molecule has 88 valence electrons. The fourth-order valence-corrected chi connectivity index (χ4v) is 2.74. The second-order valence-electron chi connectivity index (χ2n) is 3.82. The molecule has 1 aromatic rings. The zero-order valence-corrected chi connectivity index (χ0v) is 10.3. The molecule has 1 fully saturated rings. The molecule has 0 aromatic carbocycles. The summed E-state index contributed by atoms with van der Waals surface area (Å²) in [7, 11) is 0. The summed E-state index contributed by atoms with van der Waals surface area (Å²) in [5, 5.41) is 9.73. The van der Waals surface area contributed by atoms with Gasteiger partial charge in [0, 0.05) is 12.0 Å². The summed E-state index contributed by atoms with van der Waals surface area (Å²) in [5.41, 5.74) is 16.8. The van der Waals surface area contributed by atoms with Crippen molar-refractivity contribution >= 4 is 33.8 Å². The lowest BCUT2D eigenvalue weighted by Crippen LogP contribution is -2.45. The minimum atomic E-state index is 0.267. The molecule has 0 amide bonds. The zero-order chi connectivity index (χ0) is 11.5. The van der Waals surface area contributed by atoms with Crippen LogP contribution in [0.15, 0.2) is 0 Å². The van der Waals surface area contributed by atoms with Gasteiger partial charge in [0.15, 0.2) is 5.11 Å². The number of nitrogen functional groups attached to an aromatic ring is 1. The molecule has 6 nitrogen and oxygen atoms in total. The number of anilines is 1. The maximum Gasteiger partial charge on any atom is 0.203 e. The van der Waals surface area contributed by atoms with Crippen molar-refractivity contribution in [1.82, 2.24) is 21.0 Å². The zero-order valence-electron chi connectivity index (χ0n) is 8.64. The van der Waals surface area contributed by atoms with E-state index < -0.39 is 0 Å². The average Bonchev–Trinajstić information content (AvgIpc) is 2.83. The minimum absolute atomic E-state index is 0.267. The molecule has 0 spiro atoms. The normalized spacial score (nSPS) is 24.5. The minimum Gasteiger partial charge on any atom is -0.375 e. The lowest BCUT2D eigenvalue weighted by atomic mass is 10.1. The molecule has 1 unspecified atom stereocenters. The molecule has 0 bridgehead atoms. The number of rotatable bonds is 3. The van der Waals surface area contributed by atoms with E-state index in [-0.39, 0.29) is 5.11 Å². The van der Waals surface area contributed by atoms with Crippen LogP contribution in [0.1, 0.15) is 30.2 Å². The first kappa shape index (κ1) is 11.5. The van der Waals surface area contributed by atoms with Gasteiger partial charge in [0.25, 0.3) is 0 Å². The third-order valence-electron chi connectivity index (χ3n) is 2.64. The molecule has 1 aromatic heterocycles. The van der Waals surface area contributed by atoms with Crippen molar-refractivity contribution in [1.29, 1.82) is 0 Å². The summed E-state index contributed by atoms with van der Waals surface area (Å²) in [6.45, 7) is 0. The van der Waals surface area contributed by atoms with E-state index >= 15 is 0 Å². The maximum absolute atomic E-state index is 5.56. The molecule has 0 radical (unpaired) electrons. The molecule has 0 aliphatic heterocycles. The summed E-state index contributed by atoms with van der Waals surface area (Å²) in [4.78, 5) is 0. The number of nitrogens with zero attached hydrogens (tertiary/aromatic N) is 2. The number of hydrogen-bond acceptors (Lipinski definition) is 6. The Morgan fingerprint density at radius 2 is 2.25 bits per heavy atom. The highest BCUT2D eigenvalue weighted by molar-refractivity contribution is 7.80. The van der Waals surface area contributed by atoms with Gasteiger partial charge >= 0.3 is 0 Å². The Kier molecular flexibility index (Phi) is 3.52. The van der Waals surface area contributed by atoms with Crippen LogP contribution in [-0.4, -0.2) is 21.4 Å². The predicted octanol–water partition coefficient (Wildman–Crippen LogP) is 0.0942. The van der Waals surface area contributed by atoms with Crippen molar-refractivity contribution in [3.8, 4) is 0 Å². The molecule has 1 aliphatic rings. The van der Waals surface area contributed by atoms with Crippen LogP contribution < -0.4 is 22.3 Å². The van der Waals surface area contributed by atoms with E-state index in [0.29, 0.717) is 17.1 Å². The Labute approximate surface area is 103 Å². The summed E-state index contributed by atoms with van der Waals surface area (Å²) < 4.78 is 0. The van der Waals surface area contributed by atoms with Gasteiger partial charge < -0.3 is 11.5 Å². The largest absolute Gasteiger partial charge is 0.375 e. The van der Waals surface area contributed by atoms with Gasteiger partial charge in [0.1, 0.15) is 5.01 Å². The topological polar surface area (TPSA) is 102 Å². The molecule has 2 atom stereocenters. The first-order valence-electron chi connectivity index (χ1n) is 5.05. The first-order chi connectivity index (χ1) is 7.65. The van der Waals surface area contributed by atoms with E-state index in [1.807, 2.05) is 0 Å². The van der Waals surface area contributed by atoms with Crippen LogP contribution in [0.3, 0.4) is 0 Å².